The van der Waals surface area contributed by atoms with Crippen molar-refractivity contribution in [2.75, 3.05) is 0 Å². The topological polar surface area (TPSA) is 12.0 Å². The van der Waals surface area contributed by atoms with Crippen molar-refractivity contribution < 1.29 is 0 Å². The molecule has 2 aromatic carbocycles. The lowest BCUT2D eigenvalue weighted by Crippen LogP contribution is -2.33. The fraction of sp³-hybridized carbons (Fsp3) is 0.333. The Balaban J connectivity index is 1.70. The summed E-state index contributed by atoms with van der Waals surface area (Å²) in [6, 6.07) is 18.0. The number of benzene rings is 2. The Morgan fingerprint density at radius 3 is 2.60 bits per heavy atom. The van der Waals surface area contributed by atoms with Gasteiger partial charge in [-0.15, -0.1) is 0 Å². The molecule has 3 rings (SSSR count). The Kier molecular flexibility index (Phi) is 4.09. The van der Waals surface area contributed by atoms with Gasteiger partial charge < -0.3 is 5.32 Å². The second-order valence-corrected chi connectivity index (χ2v) is 5.99. The summed E-state index contributed by atoms with van der Waals surface area (Å²) in [7, 11) is 0. The van der Waals surface area contributed by atoms with E-state index in [9.17, 15) is 0 Å². The van der Waals surface area contributed by atoms with Gasteiger partial charge in [0.05, 0.1) is 0 Å². The number of nitrogens with one attached hydrogen (secondary N) is 1. The van der Waals surface area contributed by atoms with E-state index in [2.05, 4.69) is 54.7 Å². The summed E-state index contributed by atoms with van der Waals surface area (Å²) in [5, 5.41) is 4.65. The average molecular weight is 286 g/mol. The van der Waals surface area contributed by atoms with Crippen LogP contribution in [-0.2, 0) is 12.8 Å². The van der Waals surface area contributed by atoms with Crippen molar-refractivity contribution in [1.29, 1.82) is 0 Å². The van der Waals surface area contributed by atoms with Crippen molar-refractivity contribution in [2.24, 2.45) is 0 Å². The van der Waals surface area contributed by atoms with Crippen LogP contribution in [-0.4, -0.2) is 6.04 Å². The lowest BCUT2D eigenvalue weighted by atomic mass is 10.0. The molecule has 2 atom stereocenters. The molecular weight excluding hydrogens is 266 g/mol. The molecule has 0 fully saturated rings. The fourth-order valence-electron chi connectivity index (χ4n) is 3.12. The molecule has 1 N–H and O–H groups in total. The third-order valence-corrected chi connectivity index (χ3v) is 4.38. The van der Waals surface area contributed by atoms with Crippen LogP contribution in [0.2, 0.25) is 5.02 Å². The van der Waals surface area contributed by atoms with Crippen LogP contribution in [0.4, 0.5) is 0 Å². The van der Waals surface area contributed by atoms with Crippen LogP contribution >= 0.6 is 11.6 Å². The minimum absolute atomic E-state index is 0.436. The first-order valence-electron chi connectivity index (χ1n) is 7.34. The van der Waals surface area contributed by atoms with Gasteiger partial charge in [0, 0.05) is 17.1 Å². The molecule has 2 aromatic rings. The maximum absolute atomic E-state index is 6.08. The van der Waals surface area contributed by atoms with Crippen molar-refractivity contribution in [1.82, 2.24) is 5.32 Å². The monoisotopic (exact) mass is 285 g/mol. The molecule has 0 saturated carbocycles. The standard InChI is InChI=1S/C18H20ClN/c1-2-18(13-6-4-3-5-7-13)20-17-11-14-8-9-16(19)10-15(14)12-17/h3-10,17-18,20H,2,11-12H2,1H3. The van der Waals surface area contributed by atoms with Gasteiger partial charge in [0.15, 0.2) is 0 Å². The Morgan fingerprint density at radius 2 is 1.85 bits per heavy atom. The third kappa shape index (κ3) is 2.89. The van der Waals surface area contributed by atoms with Gasteiger partial charge in [0.25, 0.3) is 0 Å². The van der Waals surface area contributed by atoms with E-state index >= 15 is 0 Å². The summed E-state index contributed by atoms with van der Waals surface area (Å²) < 4.78 is 0. The molecule has 0 heterocycles. The summed E-state index contributed by atoms with van der Waals surface area (Å²) in [6.45, 7) is 2.24. The zero-order valence-electron chi connectivity index (χ0n) is 11.8. The second kappa shape index (κ2) is 5.99. The summed E-state index contributed by atoms with van der Waals surface area (Å²) in [4.78, 5) is 0. The van der Waals surface area contributed by atoms with E-state index in [0.717, 1.165) is 24.3 Å². The maximum atomic E-state index is 6.08. The van der Waals surface area contributed by atoms with E-state index < -0.39 is 0 Å². The van der Waals surface area contributed by atoms with E-state index in [1.54, 1.807) is 0 Å². The Morgan fingerprint density at radius 1 is 1.10 bits per heavy atom. The number of hydrogen-bond acceptors (Lipinski definition) is 1. The first kappa shape index (κ1) is 13.7. The molecule has 0 aromatic heterocycles. The molecule has 2 unspecified atom stereocenters. The van der Waals surface area contributed by atoms with Crippen LogP contribution in [0.5, 0.6) is 0 Å². The fourth-order valence-corrected chi connectivity index (χ4v) is 3.32. The summed E-state index contributed by atoms with van der Waals surface area (Å²) in [6.07, 6.45) is 3.30. The summed E-state index contributed by atoms with van der Waals surface area (Å²) >= 11 is 6.08. The van der Waals surface area contributed by atoms with Crippen LogP contribution in [0.25, 0.3) is 0 Å². The number of fused-ring (bicyclic) bond motifs is 1. The van der Waals surface area contributed by atoms with Crippen molar-refractivity contribution in [2.45, 2.75) is 38.3 Å². The first-order valence-corrected chi connectivity index (χ1v) is 7.72. The van der Waals surface area contributed by atoms with Gasteiger partial charge in [-0.05, 0) is 48.1 Å². The van der Waals surface area contributed by atoms with E-state index in [1.165, 1.54) is 16.7 Å². The minimum Gasteiger partial charge on any atom is -0.307 e. The highest BCUT2D eigenvalue weighted by molar-refractivity contribution is 6.30. The third-order valence-electron chi connectivity index (χ3n) is 4.15. The molecule has 1 nitrogen and oxygen atoms in total. The van der Waals surface area contributed by atoms with Gasteiger partial charge in [0.2, 0.25) is 0 Å². The number of hydrogen-bond donors (Lipinski definition) is 1. The minimum atomic E-state index is 0.436. The van der Waals surface area contributed by atoms with E-state index in [0.29, 0.717) is 12.1 Å². The van der Waals surface area contributed by atoms with Crippen molar-refractivity contribution in [3.05, 3.63) is 70.2 Å². The summed E-state index contributed by atoms with van der Waals surface area (Å²) in [5.41, 5.74) is 4.22. The SMILES string of the molecule is CCC(NC1Cc2ccc(Cl)cc2C1)c1ccccc1. The molecule has 0 bridgehead atoms. The van der Waals surface area contributed by atoms with Crippen LogP contribution in [0, 0.1) is 0 Å². The lowest BCUT2D eigenvalue weighted by molar-refractivity contribution is 0.435. The van der Waals surface area contributed by atoms with E-state index in [4.69, 9.17) is 11.6 Å². The predicted octanol–water partition coefficient (Wildman–Crippen LogP) is 4.55. The maximum Gasteiger partial charge on any atom is 0.0408 e. The van der Waals surface area contributed by atoms with Crippen LogP contribution in [0.1, 0.15) is 36.1 Å². The van der Waals surface area contributed by atoms with Gasteiger partial charge >= 0.3 is 0 Å². The second-order valence-electron chi connectivity index (χ2n) is 5.56. The average Bonchev–Trinajstić information content (AvgIpc) is 2.87. The van der Waals surface area contributed by atoms with Crippen molar-refractivity contribution in [3.63, 3.8) is 0 Å². The molecule has 104 valence electrons. The van der Waals surface area contributed by atoms with Gasteiger partial charge in [-0.3, -0.25) is 0 Å². The molecule has 1 aliphatic carbocycles. The smallest absolute Gasteiger partial charge is 0.0408 e. The molecule has 1 aliphatic rings. The molecule has 0 aliphatic heterocycles. The highest BCUT2D eigenvalue weighted by atomic mass is 35.5. The predicted molar refractivity (Wildman–Crippen MR) is 85.3 cm³/mol. The highest BCUT2D eigenvalue weighted by Gasteiger charge is 2.23. The Hall–Kier alpha value is -1.31. The van der Waals surface area contributed by atoms with E-state index in [1.807, 2.05) is 6.07 Å². The van der Waals surface area contributed by atoms with Gasteiger partial charge in [-0.2, -0.15) is 0 Å². The largest absolute Gasteiger partial charge is 0.307 e. The zero-order chi connectivity index (χ0) is 13.9. The van der Waals surface area contributed by atoms with Crippen LogP contribution in [0.3, 0.4) is 0 Å². The van der Waals surface area contributed by atoms with Crippen LogP contribution < -0.4 is 5.32 Å². The quantitative estimate of drug-likeness (QED) is 0.869. The molecule has 0 spiro atoms. The Bertz CT molecular complexity index is 579. The van der Waals surface area contributed by atoms with Gasteiger partial charge in [0.1, 0.15) is 0 Å². The molecule has 20 heavy (non-hydrogen) atoms. The van der Waals surface area contributed by atoms with Crippen LogP contribution in [0.15, 0.2) is 48.5 Å². The molecular formula is C18H20ClN. The van der Waals surface area contributed by atoms with E-state index in [-0.39, 0.29) is 0 Å². The highest BCUT2D eigenvalue weighted by Crippen LogP contribution is 2.27. The molecule has 2 heteroatoms. The van der Waals surface area contributed by atoms with Crippen molar-refractivity contribution in [3.8, 4) is 0 Å². The first-order chi connectivity index (χ1) is 9.76. The molecule has 0 saturated heterocycles. The zero-order valence-corrected chi connectivity index (χ0v) is 12.5. The number of halogens is 1. The molecule has 0 radical (unpaired) electrons. The lowest BCUT2D eigenvalue weighted by Gasteiger charge is -2.22. The van der Waals surface area contributed by atoms with Gasteiger partial charge in [-0.1, -0.05) is 54.9 Å². The molecule has 0 amide bonds. The van der Waals surface area contributed by atoms with Crippen molar-refractivity contribution >= 4 is 11.6 Å². The van der Waals surface area contributed by atoms with Gasteiger partial charge in [-0.25, -0.2) is 0 Å². The summed E-state index contributed by atoms with van der Waals surface area (Å²) in [5.74, 6) is 0. The Labute approximate surface area is 126 Å². The number of rotatable bonds is 4. The normalized spacial score (nSPS) is 18.8.